The van der Waals surface area contributed by atoms with Gasteiger partial charge in [0.05, 0.1) is 30.3 Å². The number of carbonyl (C=O) groups is 4. The number of amides is 3. The number of esters is 1. The topological polar surface area (TPSA) is 102 Å². The molecule has 0 aliphatic carbocycles. The average Bonchev–Trinajstić information content (AvgIpc) is 2.96. The number of halogens is 1. The minimum atomic E-state index is -0.706. The quantitative estimate of drug-likeness (QED) is 0.520. The lowest BCUT2D eigenvalue weighted by molar-refractivity contribution is -0.147. The lowest BCUT2D eigenvalue weighted by Gasteiger charge is -2.14. The van der Waals surface area contributed by atoms with Gasteiger partial charge in [-0.25, -0.2) is 0 Å². The van der Waals surface area contributed by atoms with Gasteiger partial charge in [-0.3, -0.25) is 24.1 Å². The van der Waals surface area contributed by atoms with Crippen molar-refractivity contribution in [3.63, 3.8) is 0 Å². The fourth-order valence-electron chi connectivity index (χ4n) is 3.15. The molecule has 1 aliphatic heterocycles. The van der Waals surface area contributed by atoms with Gasteiger partial charge in [-0.05, 0) is 37.6 Å². The Morgan fingerprint density at radius 1 is 1.06 bits per heavy atom. The number of imide groups is 1. The van der Waals surface area contributed by atoms with Gasteiger partial charge in [0.15, 0.2) is 6.61 Å². The first-order valence-corrected chi connectivity index (χ1v) is 9.85. The summed E-state index contributed by atoms with van der Waals surface area (Å²) in [4.78, 5) is 50.0. The monoisotopic (exact) mass is 444 g/mol. The van der Waals surface area contributed by atoms with Crippen LogP contribution in [0.3, 0.4) is 0 Å². The molecule has 0 fully saturated rings. The lowest BCUT2D eigenvalue weighted by atomic mass is 10.1. The van der Waals surface area contributed by atoms with E-state index in [1.807, 2.05) is 6.92 Å². The second kappa shape index (κ2) is 9.18. The number of hydrogen-bond donors (Lipinski definition) is 1. The fraction of sp³-hybridized carbons (Fsp3) is 0.273. The van der Waals surface area contributed by atoms with Gasteiger partial charge in [0.25, 0.3) is 17.7 Å². The summed E-state index contributed by atoms with van der Waals surface area (Å²) in [5.41, 5.74) is 2.64. The van der Waals surface area contributed by atoms with Crippen molar-refractivity contribution < 1.29 is 28.7 Å². The van der Waals surface area contributed by atoms with Crippen molar-refractivity contribution in [1.29, 1.82) is 0 Å². The Balaban J connectivity index is 1.51. The van der Waals surface area contributed by atoms with Crippen LogP contribution in [0.15, 0.2) is 30.3 Å². The van der Waals surface area contributed by atoms with Crippen LogP contribution in [0, 0.1) is 13.8 Å². The van der Waals surface area contributed by atoms with E-state index in [9.17, 15) is 19.2 Å². The summed E-state index contributed by atoms with van der Waals surface area (Å²) in [6.07, 6.45) is -0.221. The smallest absolute Gasteiger partial charge is 0.308 e. The highest BCUT2D eigenvalue weighted by Gasteiger charge is 2.35. The predicted octanol–water partition coefficient (Wildman–Crippen LogP) is 3.13. The van der Waals surface area contributed by atoms with Crippen LogP contribution in [-0.4, -0.2) is 48.9 Å². The maximum atomic E-state index is 12.4. The zero-order valence-corrected chi connectivity index (χ0v) is 18.0. The number of ether oxygens (including phenoxy) is 2. The average molecular weight is 445 g/mol. The fourth-order valence-corrected chi connectivity index (χ4v) is 3.30. The molecular formula is C22H21ClN2O6. The molecule has 0 unspecified atom stereocenters. The van der Waals surface area contributed by atoms with Crippen LogP contribution in [0.4, 0.5) is 5.69 Å². The molecule has 8 nitrogen and oxygen atoms in total. The molecule has 9 heteroatoms. The molecule has 0 saturated heterocycles. The van der Waals surface area contributed by atoms with E-state index in [1.54, 1.807) is 37.3 Å². The summed E-state index contributed by atoms with van der Waals surface area (Å²) in [5, 5.41) is 3.09. The maximum absolute atomic E-state index is 12.4. The second-order valence-corrected chi connectivity index (χ2v) is 7.48. The summed E-state index contributed by atoms with van der Waals surface area (Å²) in [5.74, 6) is -1.79. The van der Waals surface area contributed by atoms with Crippen molar-refractivity contribution in [2.45, 2.75) is 20.3 Å². The van der Waals surface area contributed by atoms with Gasteiger partial charge in [-0.2, -0.15) is 0 Å². The molecule has 2 aromatic carbocycles. The first-order chi connectivity index (χ1) is 14.7. The molecule has 0 bridgehead atoms. The molecule has 1 aliphatic rings. The minimum Gasteiger partial charge on any atom is -0.495 e. The summed E-state index contributed by atoms with van der Waals surface area (Å²) in [7, 11) is 1.44. The minimum absolute atomic E-state index is 0.129. The Hall–Kier alpha value is -3.39. The Kier molecular flexibility index (Phi) is 6.60. The standard InChI is InChI=1S/C22H21ClN2O6/c1-12-4-5-14-15(8-12)22(29)25(21(14)28)7-6-20(27)31-11-19(26)24-17-9-13(2)16(23)10-18(17)30-3/h4-5,8-10H,6-7,11H2,1-3H3,(H,24,26). The predicted molar refractivity (Wildman–Crippen MR) is 113 cm³/mol. The number of nitrogens with zero attached hydrogens (tertiary/aromatic N) is 1. The molecule has 0 radical (unpaired) electrons. The van der Waals surface area contributed by atoms with Crippen LogP contribution in [0.1, 0.15) is 38.3 Å². The van der Waals surface area contributed by atoms with Gasteiger partial charge in [-0.15, -0.1) is 0 Å². The van der Waals surface area contributed by atoms with Crippen LogP contribution in [0.25, 0.3) is 0 Å². The van der Waals surface area contributed by atoms with Crippen LogP contribution in [-0.2, 0) is 14.3 Å². The number of anilines is 1. The van der Waals surface area contributed by atoms with Gasteiger partial charge in [0, 0.05) is 17.6 Å². The highest BCUT2D eigenvalue weighted by Crippen LogP contribution is 2.31. The highest BCUT2D eigenvalue weighted by molar-refractivity contribution is 6.31. The van der Waals surface area contributed by atoms with Crippen LogP contribution >= 0.6 is 11.6 Å². The summed E-state index contributed by atoms with van der Waals surface area (Å²) in [6, 6.07) is 8.20. The summed E-state index contributed by atoms with van der Waals surface area (Å²) in [6.45, 7) is 2.95. The maximum Gasteiger partial charge on any atom is 0.308 e. The molecule has 0 aromatic heterocycles. The molecule has 31 heavy (non-hydrogen) atoms. The van der Waals surface area contributed by atoms with E-state index in [2.05, 4.69) is 5.32 Å². The summed E-state index contributed by atoms with van der Waals surface area (Å²) < 4.78 is 10.1. The number of nitrogens with one attached hydrogen (secondary N) is 1. The third-order valence-corrected chi connectivity index (χ3v) is 5.19. The van der Waals surface area contributed by atoms with Crippen molar-refractivity contribution in [2.24, 2.45) is 0 Å². The zero-order valence-electron chi connectivity index (χ0n) is 17.3. The SMILES string of the molecule is COc1cc(Cl)c(C)cc1NC(=O)COC(=O)CCN1C(=O)c2ccc(C)cc2C1=O. The van der Waals surface area contributed by atoms with E-state index in [0.717, 1.165) is 16.0 Å². The highest BCUT2D eigenvalue weighted by atomic mass is 35.5. The van der Waals surface area contributed by atoms with Crippen LogP contribution < -0.4 is 10.1 Å². The Morgan fingerprint density at radius 2 is 1.77 bits per heavy atom. The summed E-state index contributed by atoms with van der Waals surface area (Å²) >= 11 is 6.04. The molecule has 0 saturated carbocycles. The molecule has 162 valence electrons. The number of methoxy groups -OCH3 is 1. The van der Waals surface area contributed by atoms with E-state index in [-0.39, 0.29) is 13.0 Å². The van der Waals surface area contributed by atoms with Crippen molar-refractivity contribution in [3.05, 3.63) is 57.6 Å². The van der Waals surface area contributed by atoms with Gasteiger partial charge in [0.1, 0.15) is 5.75 Å². The first kappa shape index (κ1) is 22.3. The number of fused-ring (bicyclic) bond motifs is 1. The van der Waals surface area contributed by atoms with Crippen molar-refractivity contribution in [3.8, 4) is 5.75 Å². The number of benzene rings is 2. The van der Waals surface area contributed by atoms with E-state index >= 15 is 0 Å². The van der Waals surface area contributed by atoms with Crippen molar-refractivity contribution in [2.75, 3.05) is 25.6 Å². The number of carbonyl (C=O) groups excluding carboxylic acids is 4. The Morgan fingerprint density at radius 3 is 2.48 bits per heavy atom. The number of hydrogen-bond acceptors (Lipinski definition) is 6. The van der Waals surface area contributed by atoms with Gasteiger partial charge >= 0.3 is 5.97 Å². The molecule has 3 rings (SSSR count). The van der Waals surface area contributed by atoms with Crippen molar-refractivity contribution in [1.82, 2.24) is 4.90 Å². The molecule has 1 heterocycles. The third-order valence-electron chi connectivity index (χ3n) is 4.78. The normalized spacial score (nSPS) is 12.6. The molecule has 3 amide bonds. The zero-order chi connectivity index (χ0) is 22.7. The molecular weight excluding hydrogens is 424 g/mol. The second-order valence-electron chi connectivity index (χ2n) is 7.07. The Labute approximate surface area is 184 Å². The number of aryl methyl sites for hydroxylation is 2. The first-order valence-electron chi connectivity index (χ1n) is 9.47. The molecule has 1 N–H and O–H groups in total. The van der Waals surface area contributed by atoms with Crippen molar-refractivity contribution >= 4 is 41.0 Å². The van der Waals surface area contributed by atoms with E-state index < -0.39 is 30.3 Å². The van der Waals surface area contributed by atoms with Gasteiger partial charge in [-0.1, -0.05) is 23.2 Å². The van der Waals surface area contributed by atoms with E-state index in [1.165, 1.54) is 7.11 Å². The van der Waals surface area contributed by atoms with E-state index in [4.69, 9.17) is 21.1 Å². The molecule has 0 atom stereocenters. The number of rotatable bonds is 7. The molecule has 2 aromatic rings. The van der Waals surface area contributed by atoms with Gasteiger partial charge in [0.2, 0.25) is 0 Å². The Bertz CT molecular complexity index is 1080. The molecule has 0 spiro atoms. The van der Waals surface area contributed by atoms with Gasteiger partial charge < -0.3 is 14.8 Å². The van der Waals surface area contributed by atoms with Crippen LogP contribution in [0.2, 0.25) is 5.02 Å². The largest absolute Gasteiger partial charge is 0.495 e. The lowest BCUT2D eigenvalue weighted by Crippen LogP contribution is -2.32. The third kappa shape index (κ3) is 4.86. The van der Waals surface area contributed by atoms with Crippen LogP contribution in [0.5, 0.6) is 5.75 Å². The van der Waals surface area contributed by atoms with E-state index in [0.29, 0.717) is 27.6 Å².